The van der Waals surface area contributed by atoms with Crippen molar-refractivity contribution in [2.45, 2.75) is 57.5 Å². The van der Waals surface area contributed by atoms with Crippen LogP contribution >= 0.6 is 11.6 Å². The molecule has 0 amide bonds. The van der Waals surface area contributed by atoms with Crippen LogP contribution in [0.15, 0.2) is 24.3 Å². The minimum Gasteiger partial charge on any atom is -0.315 e. The Labute approximate surface area is 134 Å². The highest BCUT2D eigenvalue weighted by Gasteiger charge is 2.41. The van der Waals surface area contributed by atoms with Gasteiger partial charge in [0.15, 0.2) is 0 Å². The minimum absolute atomic E-state index is 0.269. The zero-order valence-corrected chi connectivity index (χ0v) is 14.4. The molecular formula is C18H29ClN2. The summed E-state index contributed by atoms with van der Waals surface area (Å²) in [6, 6.07) is 8.80. The number of benzene rings is 1. The fraction of sp³-hybridized carbons (Fsp3) is 0.667. The molecule has 21 heavy (non-hydrogen) atoms. The van der Waals surface area contributed by atoms with Gasteiger partial charge < -0.3 is 5.32 Å². The van der Waals surface area contributed by atoms with Gasteiger partial charge in [-0.3, -0.25) is 4.90 Å². The summed E-state index contributed by atoms with van der Waals surface area (Å²) in [6.45, 7) is 7.18. The number of rotatable bonds is 7. The first-order valence-electron chi connectivity index (χ1n) is 8.33. The highest BCUT2D eigenvalue weighted by Crippen LogP contribution is 2.33. The minimum atomic E-state index is 0.269. The third kappa shape index (κ3) is 3.61. The van der Waals surface area contributed by atoms with Crippen LogP contribution in [0.25, 0.3) is 0 Å². The number of hydrogen-bond acceptors (Lipinski definition) is 2. The molecule has 0 bridgehead atoms. The second kappa shape index (κ2) is 7.62. The van der Waals surface area contributed by atoms with Crippen LogP contribution in [-0.4, -0.2) is 36.6 Å². The number of likely N-dealkylation sites (tertiary alicyclic amines) is 1. The molecule has 118 valence electrons. The van der Waals surface area contributed by atoms with E-state index in [2.05, 4.69) is 43.2 Å². The smallest absolute Gasteiger partial charge is 0.0406 e. The second-order valence-electron chi connectivity index (χ2n) is 6.18. The van der Waals surface area contributed by atoms with Gasteiger partial charge in [0.2, 0.25) is 0 Å². The quantitative estimate of drug-likeness (QED) is 0.815. The van der Waals surface area contributed by atoms with Crippen LogP contribution in [0, 0.1) is 0 Å². The lowest BCUT2D eigenvalue weighted by atomic mass is 9.80. The SMILES string of the molecule is CCC(CC)(C(Cc1ccc(Cl)cc1)NC)N1CCCC1. The van der Waals surface area contributed by atoms with E-state index in [0.717, 1.165) is 11.4 Å². The molecule has 1 N–H and O–H groups in total. The largest absolute Gasteiger partial charge is 0.315 e. The van der Waals surface area contributed by atoms with E-state index in [1.165, 1.54) is 44.3 Å². The zero-order chi connectivity index (χ0) is 15.3. The van der Waals surface area contributed by atoms with Gasteiger partial charge in [-0.25, -0.2) is 0 Å². The van der Waals surface area contributed by atoms with Crippen molar-refractivity contribution in [2.24, 2.45) is 0 Å². The topological polar surface area (TPSA) is 15.3 Å². The van der Waals surface area contributed by atoms with Crippen molar-refractivity contribution < 1.29 is 0 Å². The molecule has 2 nitrogen and oxygen atoms in total. The zero-order valence-electron chi connectivity index (χ0n) is 13.7. The van der Waals surface area contributed by atoms with Gasteiger partial charge in [-0.05, 0) is 69.9 Å². The molecule has 2 rings (SSSR count). The van der Waals surface area contributed by atoms with Crippen molar-refractivity contribution in [3.05, 3.63) is 34.9 Å². The molecule has 3 heteroatoms. The Morgan fingerprint density at radius 2 is 1.71 bits per heavy atom. The van der Waals surface area contributed by atoms with E-state index in [-0.39, 0.29) is 5.54 Å². The Bertz CT molecular complexity index is 419. The van der Waals surface area contributed by atoms with Crippen molar-refractivity contribution in [1.29, 1.82) is 0 Å². The average Bonchev–Trinajstić information content (AvgIpc) is 3.04. The maximum atomic E-state index is 6.01. The van der Waals surface area contributed by atoms with Gasteiger partial charge >= 0.3 is 0 Å². The van der Waals surface area contributed by atoms with Crippen LogP contribution in [0.5, 0.6) is 0 Å². The molecule has 1 unspecified atom stereocenters. The first kappa shape index (κ1) is 16.8. The fourth-order valence-electron chi connectivity index (χ4n) is 3.99. The Morgan fingerprint density at radius 1 is 1.14 bits per heavy atom. The van der Waals surface area contributed by atoms with Crippen LogP contribution in [0.4, 0.5) is 0 Å². The molecule has 1 atom stereocenters. The van der Waals surface area contributed by atoms with Crippen LogP contribution < -0.4 is 5.32 Å². The normalized spacial score (nSPS) is 18.1. The summed E-state index contributed by atoms with van der Waals surface area (Å²) >= 11 is 6.01. The van der Waals surface area contributed by atoms with E-state index in [9.17, 15) is 0 Å². The first-order chi connectivity index (χ1) is 10.2. The molecular weight excluding hydrogens is 280 g/mol. The summed E-state index contributed by atoms with van der Waals surface area (Å²) in [5.41, 5.74) is 1.63. The molecule has 1 aliphatic heterocycles. The van der Waals surface area contributed by atoms with Crippen LogP contribution in [0.1, 0.15) is 45.1 Å². The maximum absolute atomic E-state index is 6.01. The maximum Gasteiger partial charge on any atom is 0.0406 e. The number of nitrogens with one attached hydrogen (secondary N) is 1. The van der Waals surface area contributed by atoms with E-state index < -0.39 is 0 Å². The lowest BCUT2D eigenvalue weighted by Gasteiger charge is -2.47. The molecule has 1 saturated heterocycles. The highest BCUT2D eigenvalue weighted by atomic mass is 35.5. The van der Waals surface area contributed by atoms with Gasteiger partial charge in [-0.2, -0.15) is 0 Å². The van der Waals surface area contributed by atoms with Gasteiger partial charge in [0.1, 0.15) is 0 Å². The molecule has 1 fully saturated rings. The lowest BCUT2D eigenvalue weighted by Crippen LogP contribution is -2.60. The lowest BCUT2D eigenvalue weighted by molar-refractivity contribution is 0.0650. The standard InChI is InChI=1S/C18H29ClN2/c1-4-18(5-2,21-12-6-7-13-21)17(20-3)14-15-8-10-16(19)11-9-15/h8-11,17,20H,4-7,12-14H2,1-3H3. The molecule has 0 saturated carbocycles. The van der Waals surface area contributed by atoms with E-state index >= 15 is 0 Å². The Morgan fingerprint density at radius 3 is 2.19 bits per heavy atom. The molecule has 0 radical (unpaired) electrons. The van der Waals surface area contributed by atoms with Gasteiger partial charge in [0, 0.05) is 16.6 Å². The van der Waals surface area contributed by atoms with Crippen molar-refractivity contribution in [3.63, 3.8) is 0 Å². The molecule has 1 aliphatic rings. The molecule has 0 aliphatic carbocycles. The Balaban J connectivity index is 2.20. The third-order valence-electron chi connectivity index (χ3n) is 5.31. The monoisotopic (exact) mass is 308 g/mol. The summed E-state index contributed by atoms with van der Waals surface area (Å²) in [4.78, 5) is 2.73. The molecule has 0 aromatic heterocycles. The Hall–Kier alpha value is -0.570. The molecule has 1 heterocycles. The predicted octanol–water partition coefficient (Wildman–Crippen LogP) is 4.13. The van der Waals surface area contributed by atoms with Crippen LogP contribution in [-0.2, 0) is 6.42 Å². The molecule has 1 aromatic carbocycles. The van der Waals surface area contributed by atoms with Crippen LogP contribution in [0.2, 0.25) is 5.02 Å². The van der Waals surface area contributed by atoms with Crippen molar-refractivity contribution in [1.82, 2.24) is 10.2 Å². The van der Waals surface area contributed by atoms with Gasteiger partial charge in [-0.15, -0.1) is 0 Å². The number of likely N-dealkylation sites (N-methyl/N-ethyl adjacent to an activating group) is 1. The summed E-state index contributed by atoms with van der Waals surface area (Å²) in [6.07, 6.45) is 6.15. The van der Waals surface area contributed by atoms with Crippen molar-refractivity contribution in [2.75, 3.05) is 20.1 Å². The van der Waals surface area contributed by atoms with Gasteiger partial charge in [0.25, 0.3) is 0 Å². The summed E-state index contributed by atoms with van der Waals surface area (Å²) in [5, 5.41) is 4.43. The number of nitrogens with zero attached hydrogens (tertiary/aromatic N) is 1. The van der Waals surface area contributed by atoms with E-state index in [0.29, 0.717) is 6.04 Å². The first-order valence-corrected chi connectivity index (χ1v) is 8.70. The van der Waals surface area contributed by atoms with E-state index in [1.54, 1.807) is 0 Å². The van der Waals surface area contributed by atoms with E-state index in [1.807, 2.05) is 12.1 Å². The number of hydrogen-bond donors (Lipinski definition) is 1. The number of halogens is 1. The highest BCUT2D eigenvalue weighted by molar-refractivity contribution is 6.30. The Kier molecular flexibility index (Phi) is 6.09. The van der Waals surface area contributed by atoms with Crippen molar-refractivity contribution in [3.8, 4) is 0 Å². The summed E-state index contributed by atoms with van der Waals surface area (Å²) in [5.74, 6) is 0. The molecule has 1 aromatic rings. The summed E-state index contributed by atoms with van der Waals surface area (Å²) in [7, 11) is 2.11. The summed E-state index contributed by atoms with van der Waals surface area (Å²) < 4.78 is 0. The second-order valence-corrected chi connectivity index (χ2v) is 6.61. The average molecular weight is 309 g/mol. The van der Waals surface area contributed by atoms with Gasteiger partial charge in [-0.1, -0.05) is 37.6 Å². The fourth-order valence-corrected chi connectivity index (χ4v) is 4.12. The third-order valence-corrected chi connectivity index (χ3v) is 5.56. The van der Waals surface area contributed by atoms with Gasteiger partial charge in [0.05, 0.1) is 0 Å². The predicted molar refractivity (Wildman–Crippen MR) is 92.1 cm³/mol. The van der Waals surface area contributed by atoms with E-state index in [4.69, 9.17) is 11.6 Å². The van der Waals surface area contributed by atoms with Crippen LogP contribution in [0.3, 0.4) is 0 Å². The van der Waals surface area contributed by atoms with Crippen molar-refractivity contribution >= 4 is 11.6 Å². The molecule has 0 spiro atoms.